The van der Waals surface area contributed by atoms with Crippen molar-refractivity contribution in [1.29, 1.82) is 0 Å². The molecule has 0 atom stereocenters. The molecule has 22 heavy (non-hydrogen) atoms. The monoisotopic (exact) mass is 299 g/mol. The molecule has 114 valence electrons. The van der Waals surface area contributed by atoms with Crippen molar-refractivity contribution in [3.05, 3.63) is 35.8 Å². The zero-order valence-corrected chi connectivity index (χ0v) is 12.7. The quantitative estimate of drug-likeness (QED) is 0.661. The molecule has 0 aliphatic carbocycles. The number of hydrogen-bond acceptors (Lipinski definition) is 7. The lowest BCUT2D eigenvalue weighted by atomic mass is 10.0. The summed E-state index contributed by atoms with van der Waals surface area (Å²) in [5, 5.41) is 1.67. The molecule has 2 heterocycles. The molecule has 1 aromatic heterocycles. The van der Waals surface area contributed by atoms with Crippen molar-refractivity contribution in [2.45, 2.75) is 6.92 Å². The Morgan fingerprint density at radius 1 is 1.36 bits per heavy atom. The number of fused-ring (bicyclic) bond motifs is 1. The molecule has 0 radical (unpaired) electrons. The van der Waals surface area contributed by atoms with E-state index in [0.29, 0.717) is 12.4 Å². The van der Waals surface area contributed by atoms with Crippen LogP contribution in [-0.4, -0.2) is 36.8 Å². The maximum Gasteiger partial charge on any atom is 0.358 e. The van der Waals surface area contributed by atoms with Crippen LogP contribution in [0.2, 0.25) is 0 Å². The molecule has 1 aliphatic heterocycles. The van der Waals surface area contributed by atoms with Gasteiger partial charge in [0.1, 0.15) is 6.67 Å². The Morgan fingerprint density at radius 3 is 2.86 bits per heavy atom. The predicted molar refractivity (Wildman–Crippen MR) is 83.5 cm³/mol. The van der Waals surface area contributed by atoms with E-state index in [1.807, 2.05) is 26.1 Å². The molecule has 0 saturated heterocycles. The van der Waals surface area contributed by atoms with E-state index in [1.165, 1.54) is 13.3 Å². The molecular formula is C15H17N5O2. The number of rotatable bonds is 2. The van der Waals surface area contributed by atoms with Gasteiger partial charge in [0.25, 0.3) is 0 Å². The molecule has 0 unspecified atom stereocenters. The molecular weight excluding hydrogens is 282 g/mol. The number of ether oxygens (including phenoxy) is 1. The highest BCUT2D eigenvalue weighted by atomic mass is 16.5. The molecule has 0 spiro atoms. The normalized spacial score (nSPS) is 13.3. The van der Waals surface area contributed by atoms with E-state index < -0.39 is 5.97 Å². The van der Waals surface area contributed by atoms with Crippen molar-refractivity contribution >= 4 is 17.3 Å². The second-order valence-corrected chi connectivity index (χ2v) is 5.22. The number of nitrogens with two attached hydrogens (primary N) is 1. The number of carbonyl (C=O) groups is 1. The fourth-order valence-electron chi connectivity index (χ4n) is 2.67. The van der Waals surface area contributed by atoms with Crippen molar-refractivity contribution in [1.82, 2.24) is 9.97 Å². The largest absolute Gasteiger partial charge is 0.464 e. The molecule has 7 heteroatoms. The highest BCUT2D eigenvalue weighted by molar-refractivity contribution is 5.92. The zero-order valence-electron chi connectivity index (χ0n) is 12.7. The minimum Gasteiger partial charge on any atom is -0.464 e. The highest BCUT2D eigenvalue weighted by Gasteiger charge is 2.27. The Bertz CT molecular complexity index is 747. The van der Waals surface area contributed by atoms with Gasteiger partial charge in [-0.1, -0.05) is 6.07 Å². The summed E-state index contributed by atoms with van der Waals surface area (Å²) in [7, 11) is 3.29. The van der Waals surface area contributed by atoms with E-state index in [2.05, 4.69) is 14.9 Å². The fraction of sp³-hybridized carbons (Fsp3) is 0.267. The average molecular weight is 299 g/mol. The third-order valence-electron chi connectivity index (χ3n) is 3.71. The average Bonchev–Trinajstić information content (AvgIpc) is 2.81. The van der Waals surface area contributed by atoms with Crippen molar-refractivity contribution < 1.29 is 9.53 Å². The maximum atomic E-state index is 11.7. The van der Waals surface area contributed by atoms with Gasteiger partial charge in [-0.3, -0.25) is 9.99 Å². The summed E-state index contributed by atoms with van der Waals surface area (Å²) < 4.78 is 4.70. The van der Waals surface area contributed by atoms with Gasteiger partial charge in [-0.15, -0.1) is 0 Å². The first kappa shape index (κ1) is 14.3. The molecule has 0 saturated carbocycles. The third kappa shape index (κ3) is 2.15. The molecule has 1 aliphatic rings. The number of nitrogens with zero attached hydrogens (tertiary/aromatic N) is 4. The van der Waals surface area contributed by atoms with Crippen molar-refractivity contribution in [2.75, 3.05) is 30.7 Å². The molecule has 3 rings (SSSR count). The molecule has 0 amide bonds. The van der Waals surface area contributed by atoms with E-state index in [4.69, 9.17) is 10.6 Å². The van der Waals surface area contributed by atoms with Gasteiger partial charge in [0.05, 0.1) is 36.6 Å². The number of hydrazine groups is 1. The van der Waals surface area contributed by atoms with Crippen LogP contribution < -0.4 is 15.8 Å². The van der Waals surface area contributed by atoms with Gasteiger partial charge in [0.15, 0.2) is 5.69 Å². The fourth-order valence-corrected chi connectivity index (χ4v) is 2.67. The number of hydrogen-bond donors (Lipinski definition) is 1. The van der Waals surface area contributed by atoms with Gasteiger partial charge in [0.2, 0.25) is 0 Å². The summed E-state index contributed by atoms with van der Waals surface area (Å²) in [4.78, 5) is 22.2. The summed E-state index contributed by atoms with van der Waals surface area (Å²) >= 11 is 0. The number of anilines is 2. The summed E-state index contributed by atoms with van der Waals surface area (Å²) in [5.74, 6) is 5.61. The maximum absolute atomic E-state index is 11.7. The van der Waals surface area contributed by atoms with E-state index in [-0.39, 0.29) is 5.69 Å². The summed E-state index contributed by atoms with van der Waals surface area (Å²) in [6, 6.07) is 4.04. The molecule has 1 aromatic carbocycles. The Balaban J connectivity index is 2.19. The zero-order chi connectivity index (χ0) is 15.9. The highest BCUT2D eigenvalue weighted by Crippen LogP contribution is 2.42. The van der Waals surface area contributed by atoms with Gasteiger partial charge in [-0.05, 0) is 18.6 Å². The predicted octanol–water partition coefficient (Wildman–Crippen LogP) is 1.33. The van der Waals surface area contributed by atoms with E-state index >= 15 is 0 Å². The lowest BCUT2D eigenvalue weighted by Gasteiger charge is -2.16. The van der Waals surface area contributed by atoms with E-state index in [1.54, 1.807) is 11.2 Å². The van der Waals surface area contributed by atoms with Crippen LogP contribution in [0.25, 0.3) is 11.3 Å². The van der Waals surface area contributed by atoms with Crippen LogP contribution >= 0.6 is 0 Å². The smallest absolute Gasteiger partial charge is 0.358 e. The number of benzene rings is 1. The van der Waals surface area contributed by atoms with E-state index in [0.717, 1.165) is 22.5 Å². The van der Waals surface area contributed by atoms with Crippen LogP contribution in [0.5, 0.6) is 0 Å². The third-order valence-corrected chi connectivity index (χ3v) is 3.71. The second-order valence-electron chi connectivity index (χ2n) is 5.22. The van der Waals surface area contributed by atoms with Crippen LogP contribution in [0.1, 0.15) is 16.1 Å². The number of methoxy groups -OCH3 is 1. The SMILES string of the molecule is COC(=O)c1cncc(-c2c(C)ccc3c2N(N)CN3C)n1. The molecule has 2 aromatic rings. The van der Waals surface area contributed by atoms with Gasteiger partial charge in [0, 0.05) is 12.6 Å². The van der Waals surface area contributed by atoms with Crippen molar-refractivity contribution in [2.24, 2.45) is 5.84 Å². The van der Waals surface area contributed by atoms with Gasteiger partial charge >= 0.3 is 5.97 Å². The lowest BCUT2D eigenvalue weighted by molar-refractivity contribution is 0.0593. The second kappa shape index (κ2) is 5.27. The number of aryl methyl sites for hydroxylation is 1. The standard InChI is InChI=1S/C15H17N5O2/c1-9-4-5-12-14(20(16)8-19(12)2)13(9)10-6-17-7-11(18-10)15(21)22-3/h4-7H,8,16H2,1-3H3. The first-order valence-electron chi connectivity index (χ1n) is 6.80. The van der Waals surface area contributed by atoms with E-state index in [9.17, 15) is 4.79 Å². The number of esters is 1. The molecule has 0 bridgehead atoms. The summed E-state index contributed by atoms with van der Waals surface area (Å²) in [5.41, 5.74) is 4.57. The topological polar surface area (TPSA) is 84.6 Å². The summed E-state index contributed by atoms with van der Waals surface area (Å²) in [6.45, 7) is 2.57. The Hall–Kier alpha value is -2.67. The first-order valence-corrected chi connectivity index (χ1v) is 6.80. The first-order chi connectivity index (χ1) is 10.5. The molecule has 0 fully saturated rings. The molecule has 2 N–H and O–H groups in total. The molecule has 7 nitrogen and oxygen atoms in total. The Labute approximate surface area is 128 Å². The van der Waals surface area contributed by atoms with Crippen LogP contribution in [0.3, 0.4) is 0 Å². The van der Waals surface area contributed by atoms with Crippen LogP contribution in [0, 0.1) is 6.92 Å². The van der Waals surface area contributed by atoms with Gasteiger partial charge < -0.3 is 9.64 Å². The minimum absolute atomic E-state index is 0.173. The number of carbonyl (C=O) groups excluding carboxylic acids is 1. The van der Waals surface area contributed by atoms with Gasteiger partial charge in [-0.25, -0.2) is 15.6 Å². The van der Waals surface area contributed by atoms with Crippen molar-refractivity contribution in [3.63, 3.8) is 0 Å². The Kier molecular flexibility index (Phi) is 3.42. The Morgan fingerprint density at radius 2 is 2.14 bits per heavy atom. The van der Waals surface area contributed by atoms with Crippen LogP contribution in [0.4, 0.5) is 11.4 Å². The minimum atomic E-state index is -0.513. The van der Waals surface area contributed by atoms with Crippen molar-refractivity contribution in [3.8, 4) is 11.3 Å². The lowest BCUT2D eigenvalue weighted by Crippen LogP contribution is -2.34. The van der Waals surface area contributed by atoms with Crippen LogP contribution in [-0.2, 0) is 4.74 Å². The number of aromatic nitrogens is 2. The van der Waals surface area contributed by atoms with Crippen LogP contribution in [0.15, 0.2) is 24.5 Å². The summed E-state index contributed by atoms with van der Waals surface area (Å²) in [6.07, 6.45) is 3.02. The van der Waals surface area contributed by atoms with Gasteiger partial charge in [-0.2, -0.15) is 0 Å².